The predicted octanol–water partition coefficient (Wildman–Crippen LogP) is 4.81. The molecular formula is C19H13ClF3N3O3. The van der Waals surface area contributed by atoms with Crippen LogP contribution in [-0.2, 0) is 4.79 Å². The quantitative estimate of drug-likeness (QED) is 0.602. The summed E-state index contributed by atoms with van der Waals surface area (Å²) in [5, 5.41) is 4.33. The van der Waals surface area contributed by atoms with Crippen molar-refractivity contribution in [2.45, 2.75) is 18.7 Å². The van der Waals surface area contributed by atoms with Gasteiger partial charge >= 0.3 is 6.36 Å². The van der Waals surface area contributed by atoms with Crippen LogP contribution in [0.3, 0.4) is 0 Å². The van der Waals surface area contributed by atoms with Gasteiger partial charge in [-0.05, 0) is 36.4 Å². The Morgan fingerprint density at radius 1 is 1.14 bits per heavy atom. The van der Waals surface area contributed by atoms with Crippen LogP contribution in [0, 0.1) is 0 Å². The number of rotatable bonds is 4. The fraction of sp³-hybridized carbons (Fsp3) is 0.211. The number of nitrogens with zero attached hydrogens (tertiary/aromatic N) is 3. The summed E-state index contributed by atoms with van der Waals surface area (Å²) in [5.74, 6) is -0.811. The molecule has 1 aromatic heterocycles. The molecule has 29 heavy (non-hydrogen) atoms. The Labute approximate surface area is 167 Å². The first-order valence-corrected chi connectivity index (χ1v) is 8.92. The first kappa shape index (κ1) is 19.3. The number of carbonyl (C=O) groups is 1. The number of hydrogen-bond acceptors (Lipinski definition) is 5. The van der Waals surface area contributed by atoms with Crippen LogP contribution in [0.25, 0.3) is 11.4 Å². The number of amides is 1. The van der Waals surface area contributed by atoms with Gasteiger partial charge < -0.3 is 14.2 Å². The van der Waals surface area contributed by atoms with E-state index in [1.807, 2.05) is 0 Å². The number of alkyl halides is 3. The second-order valence-electron chi connectivity index (χ2n) is 6.38. The van der Waals surface area contributed by atoms with E-state index >= 15 is 0 Å². The Hall–Kier alpha value is -3.07. The lowest BCUT2D eigenvalue weighted by molar-refractivity contribution is -0.274. The molecule has 3 aromatic rings. The van der Waals surface area contributed by atoms with Gasteiger partial charge in [-0.25, -0.2) is 0 Å². The fourth-order valence-electron chi connectivity index (χ4n) is 3.12. The van der Waals surface area contributed by atoms with Crippen LogP contribution in [-0.4, -0.2) is 29.0 Å². The van der Waals surface area contributed by atoms with E-state index in [4.69, 9.17) is 16.1 Å². The van der Waals surface area contributed by atoms with Crippen molar-refractivity contribution in [2.24, 2.45) is 0 Å². The van der Waals surface area contributed by atoms with Gasteiger partial charge in [0.25, 0.3) is 0 Å². The molecule has 1 fully saturated rings. The van der Waals surface area contributed by atoms with E-state index in [1.165, 1.54) is 24.3 Å². The Balaban J connectivity index is 1.56. The molecule has 0 N–H and O–H groups in total. The van der Waals surface area contributed by atoms with Gasteiger partial charge in [0.1, 0.15) is 5.75 Å². The van der Waals surface area contributed by atoms with Crippen molar-refractivity contribution in [1.29, 1.82) is 0 Å². The molecule has 4 rings (SSSR count). The first-order valence-electron chi connectivity index (χ1n) is 8.55. The second-order valence-corrected chi connectivity index (χ2v) is 6.82. The number of ether oxygens (including phenoxy) is 1. The van der Waals surface area contributed by atoms with E-state index in [9.17, 15) is 18.0 Å². The van der Waals surface area contributed by atoms with Crippen LogP contribution < -0.4 is 9.64 Å². The minimum Gasteiger partial charge on any atom is -0.405 e. The lowest BCUT2D eigenvalue weighted by Crippen LogP contribution is -2.24. The SMILES string of the molecule is O=C1CC(c2nc(-c3ccccc3OC(F)(F)F)no2)CN1c1ccc(Cl)cc1. The van der Waals surface area contributed by atoms with Crippen LogP contribution in [0.15, 0.2) is 53.1 Å². The zero-order valence-electron chi connectivity index (χ0n) is 14.7. The van der Waals surface area contributed by atoms with E-state index < -0.39 is 12.1 Å². The topological polar surface area (TPSA) is 68.5 Å². The van der Waals surface area contributed by atoms with Gasteiger partial charge in [0, 0.05) is 23.7 Å². The molecule has 1 aliphatic heterocycles. The van der Waals surface area contributed by atoms with Crippen molar-refractivity contribution in [3.63, 3.8) is 0 Å². The number of aromatic nitrogens is 2. The van der Waals surface area contributed by atoms with Gasteiger partial charge in [0.05, 0.1) is 11.5 Å². The molecule has 1 atom stereocenters. The molecule has 1 amide bonds. The number of carbonyl (C=O) groups excluding carboxylic acids is 1. The summed E-state index contributed by atoms with van der Waals surface area (Å²) in [4.78, 5) is 18.2. The molecule has 1 saturated heterocycles. The molecule has 150 valence electrons. The maximum Gasteiger partial charge on any atom is 0.573 e. The smallest absolute Gasteiger partial charge is 0.405 e. The lowest BCUT2D eigenvalue weighted by Gasteiger charge is -2.15. The van der Waals surface area contributed by atoms with Gasteiger partial charge in [-0.2, -0.15) is 4.98 Å². The summed E-state index contributed by atoms with van der Waals surface area (Å²) < 4.78 is 47.1. The maximum atomic E-state index is 12.6. The first-order chi connectivity index (χ1) is 13.8. The van der Waals surface area contributed by atoms with Crippen LogP contribution in [0.5, 0.6) is 5.75 Å². The van der Waals surface area contributed by atoms with Gasteiger partial charge in [0.15, 0.2) is 0 Å². The summed E-state index contributed by atoms with van der Waals surface area (Å²) in [5.41, 5.74) is 0.726. The number of hydrogen-bond donors (Lipinski definition) is 0. The Morgan fingerprint density at radius 3 is 2.59 bits per heavy atom. The highest BCUT2D eigenvalue weighted by molar-refractivity contribution is 6.30. The van der Waals surface area contributed by atoms with E-state index in [-0.39, 0.29) is 35.5 Å². The van der Waals surface area contributed by atoms with Crippen LogP contribution in [0.1, 0.15) is 18.2 Å². The highest BCUT2D eigenvalue weighted by atomic mass is 35.5. The van der Waals surface area contributed by atoms with Crippen molar-refractivity contribution in [1.82, 2.24) is 10.1 Å². The molecule has 0 bridgehead atoms. The normalized spacial score (nSPS) is 17.0. The van der Waals surface area contributed by atoms with Crippen molar-refractivity contribution < 1.29 is 27.2 Å². The summed E-state index contributed by atoms with van der Waals surface area (Å²) >= 11 is 5.88. The average molecular weight is 424 g/mol. The molecule has 0 saturated carbocycles. The van der Waals surface area contributed by atoms with Crippen LogP contribution in [0.4, 0.5) is 18.9 Å². The summed E-state index contributed by atoms with van der Waals surface area (Å²) in [6.45, 7) is 0.308. The van der Waals surface area contributed by atoms with Crippen molar-refractivity contribution in [3.05, 3.63) is 59.4 Å². The zero-order chi connectivity index (χ0) is 20.6. The Morgan fingerprint density at radius 2 is 1.86 bits per heavy atom. The van der Waals surface area contributed by atoms with Crippen LogP contribution in [0.2, 0.25) is 5.02 Å². The molecule has 10 heteroatoms. The van der Waals surface area contributed by atoms with Gasteiger partial charge in [-0.1, -0.05) is 28.9 Å². The van der Waals surface area contributed by atoms with Gasteiger partial charge in [0.2, 0.25) is 17.6 Å². The standard InChI is InChI=1S/C19H13ClF3N3O3/c20-12-5-7-13(8-6-12)26-10-11(9-16(26)27)18-24-17(25-29-18)14-3-1-2-4-15(14)28-19(21,22)23/h1-8,11H,9-10H2. The summed E-state index contributed by atoms with van der Waals surface area (Å²) in [7, 11) is 0. The second kappa shape index (κ2) is 7.40. The molecule has 2 aromatic carbocycles. The van der Waals surface area contributed by atoms with E-state index in [2.05, 4.69) is 14.9 Å². The third-order valence-corrected chi connectivity index (χ3v) is 4.66. The highest BCUT2D eigenvalue weighted by Gasteiger charge is 2.36. The third-order valence-electron chi connectivity index (χ3n) is 4.41. The van der Waals surface area contributed by atoms with Gasteiger partial charge in [-0.15, -0.1) is 13.2 Å². The molecule has 1 aliphatic rings. The lowest BCUT2D eigenvalue weighted by atomic mass is 10.1. The van der Waals surface area contributed by atoms with Crippen molar-refractivity contribution in [3.8, 4) is 17.1 Å². The summed E-state index contributed by atoms with van der Waals surface area (Å²) in [6.07, 6.45) is -4.70. The van der Waals surface area contributed by atoms with E-state index in [0.717, 1.165) is 0 Å². The molecule has 0 aliphatic carbocycles. The fourth-order valence-corrected chi connectivity index (χ4v) is 3.25. The number of para-hydroxylation sites is 1. The largest absolute Gasteiger partial charge is 0.573 e. The summed E-state index contributed by atoms with van der Waals surface area (Å²) in [6, 6.07) is 12.3. The number of benzene rings is 2. The Bertz CT molecular complexity index is 1040. The molecule has 1 unspecified atom stereocenters. The van der Waals surface area contributed by atoms with E-state index in [1.54, 1.807) is 29.2 Å². The molecule has 0 spiro atoms. The minimum absolute atomic E-state index is 0.0405. The minimum atomic E-state index is -4.85. The monoisotopic (exact) mass is 423 g/mol. The molecular weight excluding hydrogens is 411 g/mol. The number of anilines is 1. The van der Waals surface area contributed by atoms with Gasteiger partial charge in [-0.3, -0.25) is 4.79 Å². The van der Waals surface area contributed by atoms with Crippen molar-refractivity contribution >= 4 is 23.2 Å². The Kier molecular flexibility index (Phi) is 4.91. The third kappa shape index (κ3) is 4.19. The van der Waals surface area contributed by atoms with Crippen molar-refractivity contribution in [2.75, 3.05) is 11.4 Å². The van der Waals surface area contributed by atoms with Crippen LogP contribution >= 0.6 is 11.6 Å². The molecule has 0 radical (unpaired) electrons. The molecule has 2 heterocycles. The maximum absolute atomic E-state index is 12.6. The average Bonchev–Trinajstić information content (AvgIpc) is 3.28. The van der Waals surface area contributed by atoms with E-state index in [0.29, 0.717) is 17.3 Å². The zero-order valence-corrected chi connectivity index (χ0v) is 15.4. The highest BCUT2D eigenvalue weighted by Crippen LogP contribution is 2.35. The predicted molar refractivity (Wildman–Crippen MR) is 97.6 cm³/mol. The molecule has 6 nitrogen and oxygen atoms in total. The number of halogens is 4.